The van der Waals surface area contributed by atoms with Gasteiger partial charge in [-0.3, -0.25) is 9.69 Å². The third-order valence-electron chi connectivity index (χ3n) is 5.36. The Balaban J connectivity index is 1.59. The number of carbonyl (C=O) groups is 1. The lowest BCUT2D eigenvalue weighted by Gasteiger charge is -2.47. The Bertz CT molecular complexity index is 614. The molecule has 0 bridgehead atoms. The first-order valence-electron chi connectivity index (χ1n) is 9.27. The summed E-state index contributed by atoms with van der Waals surface area (Å²) in [6, 6.07) is 7.25. The number of nitrogens with one attached hydrogen (secondary N) is 1. The van der Waals surface area contributed by atoms with Crippen molar-refractivity contribution in [1.29, 1.82) is 0 Å². The number of fused-ring (bicyclic) bond motifs is 1. The lowest BCUT2D eigenvalue weighted by molar-refractivity contribution is -0.141. The van der Waals surface area contributed by atoms with Crippen molar-refractivity contribution >= 4 is 5.91 Å². The number of likely N-dealkylation sites (N-methyl/N-ethyl adjacent to an activating group) is 1. The maximum Gasteiger partial charge on any atom is 0.387 e. The van der Waals surface area contributed by atoms with Gasteiger partial charge in [0, 0.05) is 45.2 Å². The number of piperidine rings is 2. The summed E-state index contributed by atoms with van der Waals surface area (Å²) in [5.41, 5.74) is 0.973. The quantitative estimate of drug-likeness (QED) is 0.803. The number of ether oxygens (including phenoxy) is 1. The molecule has 2 aliphatic heterocycles. The summed E-state index contributed by atoms with van der Waals surface area (Å²) >= 11 is 0. The van der Waals surface area contributed by atoms with Gasteiger partial charge in [0.15, 0.2) is 0 Å². The molecule has 7 heteroatoms. The van der Waals surface area contributed by atoms with Gasteiger partial charge in [0.2, 0.25) is 5.91 Å². The van der Waals surface area contributed by atoms with Crippen molar-refractivity contribution in [3.05, 3.63) is 29.8 Å². The number of hydrogen-bond acceptors (Lipinski definition) is 4. The number of rotatable bonds is 7. The molecule has 1 N–H and O–H groups in total. The molecule has 5 nitrogen and oxygen atoms in total. The second kappa shape index (κ2) is 8.77. The van der Waals surface area contributed by atoms with Crippen LogP contribution in [0.4, 0.5) is 8.78 Å². The van der Waals surface area contributed by atoms with Crippen LogP contribution in [0.15, 0.2) is 24.3 Å². The predicted octanol–water partition coefficient (Wildman–Crippen LogP) is 2.32. The minimum absolute atomic E-state index is 0.203. The largest absolute Gasteiger partial charge is 0.435 e. The van der Waals surface area contributed by atoms with Crippen LogP contribution in [0.2, 0.25) is 0 Å². The van der Waals surface area contributed by atoms with Gasteiger partial charge in [-0.1, -0.05) is 12.1 Å². The third kappa shape index (κ3) is 4.71. The molecule has 0 spiro atoms. The van der Waals surface area contributed by atoms with Gasteiger partial charge in [-0.05, 0) is 43.5 Å². The van der Waals surface area contributed by atoms with Gasteiger partial charge in [-0.25, -0.2) is 0 Å². The Morgan fingerprint density at radius 2 is 2.19 bits per heavy atom. The summed E-state index contributed by atoms with van der Waals surface area (Å²) in [5, 5.41) is 3.12. The highest BCUT2D eigenvalue weighted by atomic mass is 19.3. The van der Waals surface area contributed by atoms with E-state index in [1.54, 1.807) is 18.2 Å². The normalized spacial score (nSPS) is 24.0. The summed E-state index contributed by atoms with van der Waals surface area (Å²) in [7, 11) is 1.90. The van der Waals surface area contributed by atoms with E-state index in [-0.39, 0.29) is 11.7 Å². The highest BCUT2D eigenvalue weighted by molar-refractivity contribution is 5.77. The first-order valence-corrected chi connectivity index (χ1v) is 9.27. The van der Waals surface area contributed by atoms with Crippen molar-refractivity contribution in [1.82, 2.24) is 15.1 Å². The number of nitrogens with zero attached hydrogens (tertiary/aromatic N) is 2. The monoisotopic (exact) mass is 367 g/mol. The standard InChI is InChI=1S/C19H27F2N3O2/c1-22-8-10-24-17-7-9-23(13-15(17)5-6-18(24)25)12-14-3-2-4-16(11-14)26-19(20)21/h2-4,11,15,17,19,22H,5-10,12-13H2,1H3/t15-,17+/m0/s1. The predicted molar refractivity (Wildman–Crippen MR) is 95.1 cm³/mol. The van der Waals surface area contributed by atoms with E-state index >= 15 is 0 Å². The summed E-state index contributed by atoms with van der Waals surface area (Å²) in [5.74, 6) is 0.958. The number of amides is 1. The van der Waals surface area contributed by atoms with Crippen molar-refractivity contribution < 1.29 is 18.3 Å². The molecule has 3 rings (SSSR count). The Hall–Kier alpha value is -1.73. The number of halogens is 2. The SMILES string of the molecule is CNCCN1C(=O)CC[C@H]2CN(Cc3cccc(OC(F)F)c3)CC[C@H]21. The molecular formula is C19H27F2N3O2. The fourth-order valence-electron chi connectivity index (χ4n) is 4.17. The number of hydrogen-bond donors (Lipinski definition) is 1. The second-order valence-corrected chi connectivity index (χ2v) is 7.11. The summed E-state index contributed by atoms with van der Waals surface area (Å²) in [6.07, 6.45) is 2.52. The van der Waals surface area contributed by atoms with E-state index in [1.165, 1.54) is 0 Å². The average molecular weight is 367 g/mol. The average Bonchev–Trinajstić information content (AvgIpc) is 2.61. The smallest absolute Gasteiger partial charge is 0.387 e. The molecule has 0 unspecified atom stereocenters. The number of likely N-dealkylation sites (tertiary alicyclic amines) is 2. The zero-order valence-corrected chi connectivity index (χ0v) is 15.2. The highest BCUT2D eigenvalue weighted by Crippen LogP contribution is 2.32. The number of benzene rings is 1. The van der Waals surface area contributed by atoms with E-state index in [4.69, 9.17) is 0 Å². The molecule has 2 heterocycles. The molecule has 2 saturated heterocycles. The third-order valence-corrected chi connectivity index (χ3v) is 5.36. The van der Waals surface area contributed by atoms with Gasteiger partial charge in [-0.2, -0.15) is 8.78 Å². The fraction of sp³-hybridized carbons (Fsp3) is 0.632. The lowest BCUT2D eigenvalue weighted by atomic mass is 9.83. The van der Waals surface area contributed by atoms with E-state index in [9.17, 15) is 13.6 Å². The van der Waals surface area contributed by atoms with Gasteiger partial charge in [0.1, 0.15) is 5.75 Å². The van der Waals surface area contributed by atoms with Gasteiger partial charge in [0.05, 0.1) is 0 Å². The van der Waals surface area contributed by atoms with Crippen LogP contribution in [-0.4, -0.2) is 61.6 Å². The second-order valence-electron chi connectivity index (χ2n) is 7.11. The Morgan fingerprint density at radius 1 is 1.35 bits per heavy atom. The minimum Gasteiger partial charge on any atom is -0.435 e. The van der Waals surface area contributed by atoms with Crippen LogP contribution in [0.25, 0.3) is 0 Å². The van der Waals surface area contributed by atoms with Gasteiger partial charge in [0.25, 0.3) is 0 Å². The van der Waals surface area contributed by atoms with E-state index < -0.39 is 6.61 Å². The zero-order chi connectivity index (χ0) is 18.5. The molecule has 26 heavy (non-hydrogen) atoms. The molecular weight excluding hydrogens is 340 g/mol. The molecule has 2 fully saturated rings. The van der Waals surface area contributed by atoms with Crippen LogP contribution < -0.4 is 10.1 Å². The van der Waals surface area contributed by atoms with Gasteiger partial charge < -0.3 is 15.0 Å². The van der Waals surface area contributed by atoms with Gasteiger partial charge >= 0.3 is 6.61 Å². The van der Waals surface area contributed by atoms with Crippen molar-refractivity contribution in [3.8, 4) is 5.75 Å². The molecule has 2 atom stereocenters. The van der Waals surface area contributed by atoms with E-state index in [0.29, 0.717) is 24.9 Å². The van der Waals surface area contributed by atoms with Crippen molar-refractivity contribution in [2.24, 2.45) is 5.92 Å². The molecule has 1 amide bonds. The summed E-state index contributed by atoms with van der Waals surface area (Å²) < 4.78 is 29.3. The first kappa shape index (κ1) is 19.0. The number of carbonyl (C=O) groups excluding carboxylic acids is 1. The van der Waals surface area contributed by atoms with Crippen LogP contribution >= 0.6 is 0 Å². The number of alkyl halides is 2. The van der Waals surface area contributed by atoms with Crippen LogP contribution in [0, 0.1) is 5.92 Å². The molecule has 1 aromatic carbocycles. The molecule has 2 aliphatic rings. The van der Waals surface area contributed by atoms with Crippen molar-refractivity contribution in [2.45, 2.75) is 38.5 Å². The lowest BCUT2D eigenvalue weighted by Crippen LogP contribution is -2.56. The topological polar surface area (TPSA) is 44.8 Å². The van der Waals surface area contributed by atoms with Gasteiger partial charge in [-0.15, -0.1) is 0 Å². The van der Waals surface area contributed by atoms with E-state index in [2.05, 4.69) is 19.9 Å². The Kier molecular flexibility index (Phi) is 6.43. The van der Waals surface area contributed by atoms with Crippen molar-refractivity contribution in [3.63, 3.8) is 0 Å². The van der Waals surface area contributed by atoms with Crippen LogP contribution in [-0.2, 0) is 11.3 Å². The maximum atomic E-state index is 12.4. The minimum atomic E-state index is -2.80. The molecule has 0 aliphatic carbocycles. The van der Waals surface area contributed by atoms with E-state index in [0.717, 1.165) is 44.6 Å². The summed E-state index contributed by atoms with van der Waals surface area (Å²) in [4.78, 5) is 16.7. The molecule has 0 saturated carbocycles. The fourth-order valence-corrected chi connectivity index (χ4v) is 4.17. The maximum absolute atomic E-state index is 12.4. The van der Waals surface area contributed by atoms with Crippen molar-refractivity contribution in [2.75, 3.05) is 33.2 Å². The molecule has 144 valence electrons. The Labute approximate surface area is 153 Å². The highest BCUT2D eigenvalue weighted by Gasteiger charge is 2.38. The van der Waals surface area contributed by atoms with Crippen LogP contribution in [0.1, 0.15) is 24.8 Å². The molecule has 1 aromatic rings. The van der Waals surface area contributed by atoms with Crippen LogP contribution in [0.3, 0.4) is 0 Å². The first-order chi connectivity index (χ1) is 12.6. The molecule has 0 radical (unpaired) electrons. The Morgan fingerprint density at radius 3 is 2.96 bits per heavy atom. The van der Waals surface area contributed by atoms with Crippen LogP contribution in [0.5, 0.6) is 5.75 Å². The summed E-state index contributed by atoms with van der Waals surface area (Å²) in [6.45, 7) is 1.34. The van der Waals surface area contributed by atoms with E-state index in [1.807, 2.05) is 13.1 Å². The molecule has 0 aromatic heterocycles. The zero-order valence-electron chi connectivity index (χ0n) is 15.2.